The summed E-state index contributed by atoms with van der Waals surface area (Å²) in [5.41, 5.74) is 2.16. The Morgan fingerprint density at radius 2 is 2.31 bits per heavy atom. The average molecular weight is 175 g/mol. The van der Waals surface area contributed by atoms with E-state index in [-0.39, 0.29) is 0 Å². The van der Waals surface area contributed by atoms with Gasteiger partial charge in [-0.15, -0.1) is 0 Å². The number of nitrogens with one attached hydrogen (secondary N) is 1. The summed E-state index contributed by atoms with van der Waals surface area (Å²) in [6.07, 6.45) is 4.88. The zero-order chi connectivity index (χ0) is 9.26. The van der Waals surface area contributed by atoms with Crippen LogP contribution in [-0.4, -0.2) is 15.2 Å². The molecular weight excluding hydrogens is 162 g/mol. The number of fused-ring (bicyclic) bond motifs is 1. The number of aromatic amines is 1. The fraction of sp³-hybridized carbons (Fsp3) is 0.400. The van der Waals surface area contributed by atoms with Gasteiger partial charge in [0.1, 0.15) is 0 Å². The van der Waals surface area contributed by atoms with Gasteiger partial charge >= 0.3 is 0 Å². The van der Waals surface area contributed by atoms with E-state index in [4.69, 9.17) is 0 Å². The Hall–Kier alpha value is -1.38. The lowest BCUT2D eigenvalue weighted by atomic mass is 10.0. The van der Waals surface area contributed by atoms with Gasteiger partial charge in [-0.2, -0.15) is 5.10 Å². The molecule has 2 heterocycles. The Morgan fingerprint density at radius 3 is 3.08 bits per heavy atom. The molecule has 0 aromatic carbocycles. The van der Waals surface area contributed by atoms with Crippen LogP contribution in [0.4, 0.5) is 0 Å². The van der Waals surface area contributed by atoms with E-state index in [0.29, 0.717) is 5.92 Å². The van der Waals surface area contributed by atoms with E-state index in [0.717, 1.165) is 17.5 Å². The molecule has 1 atom stereocenters. The van der Waals surface area contributed by atoms with Gasteiger partial charge in [0, 0.05) is 11.6 Å². The molecule has 2 rings (SSSR count). The van der Waals surface area contributed by atoms with Crippen molar-refractivity contribution in [2.24, 2.45) is 0 Å². The quantitative estimate of drug-likeness (QED) is 0.761. The molecule has 0 saturated carbocycles. The van der Waals surface area contributed by atoms with Crippen LogP contribution in [0.2, 0.25) is 0 Å². The van der Waals surface area contributed by atoms with Crippen molar-refractivity contribution in [3.05, 3.63) is 24.0 Å². The first-order valence-corrected chi connectivity index (χ1v) is 4.60. The summed E-state index contributed by atoms with van der Waals surface area (Å²) in [6.45, 7) is 4.40. The number of H-pyrrole nitrogens is 1. The first kappa shape index (κ1) is 8.23. The molecule has 0 saturated heterocycles. The van der Waals surface area contributed by atoms with Gasteiger partial charge in [-0.25, -0.2) is 4.98 Å². The molecule has 0 radical (unpaired) electrons. The lowest BCUT2D eigenvalue weighted by Crippen LogP contribution is -1.91. The minimum Gasteiger partial charge on any atom is -0.261 e. The molecule has 0 aliphatic heterocycles. The van der Waals surface area contributed by atoms with E-state index in [1.165, 1.54) is 5.56 Å². The Bertz CT molecular complexity index is 405. The van der Waals surface area contributed by atoms with Gasteiger partial charge in [-0.1, -0.05) is 13.8 Å². The van der Waals surface area contributed by atoms with Crippen molar-refractivity contribution in [1.29, 1.82) is 0 Å². The molecule has 13 heavy (non-hydrogen) atoms. The van der Waals surface area contributed by atoms with E-state index in [1.807, 2.05) is 12.4 Å². The number of rotatable bonds is 2. The van der Waals surface area contributed by atoms with E-state index >= 15 is 0 Å². The van der Waals surface area contributed by atoms with Crippen LogP contribution in [0.15, 0.2) is 18.5 Å². The molecular formula is C10H13N3. The fourth-order valence-corrected chi connectivity index (χ4v) is 1.36. The van der Waals surface area contributed by atoms with E-state index in [1.54, 1.807) is 0 Å². The molecule has 0 spiro atoms. The van der Waals surface area contributed by atoms with Crippen LogP contribution in [0.3, 0.4) is 0 Å². The van der Waals surface area contributed by atoms with Crippen molar-refractivity contribution in [3.8, 4) is 0 Å². The highest BCUT2D eigenvalue weighted by molar-refractivity contribution is 5.74. The minimum absolute atomic E-state index is 0.576. The SMILES string of the molecule is CCC(C)c1cnc2[nH]ncc2c1. The summed E-state index contributed by atoms with van der Waals surface area (Å²) >= 11 is 0. The zero-order valence-electron chi connectivity index (χ0n) is 7.91. The number of nitrogens with zero attached hydrogens (tertiary/aromatic N) is 2. The van der Waals surface area contributed by atoms with E-state index in [2.05, 4.69) is 35.1 Å². The van der Waals surface area contributed by atoms with Gasteiger partial charge in [0.2, 0.25) is 0 Å². The molecule has 3 nitrogen and oxygen atoms in total. The Labute approximate surface area is 77.2 Å². The first-order chi connectivity index (χ1) is 6.31. The number of hydrogen-bond donors (Lipinski definition) is 1. The van der Waals surface area contributed by atoms with Crippen molar-refractivity contribution < 1.29 is 0 Å². The predicted molar refractivity (Wildman–Crippen MR) is 52.6 cm³/mol. The zero-order valence-corrected chi connectivity index (χ0v) is 7.91. The van der Waals surface area contributed by atoms with Crippen LogP contribution in [0.25, 0.3) is 11.0 Å². The highest BCUT2D eigenvalue weighted by atomic mass is 15.1. The van der Waals surface area contributed by atoms with Crippen LogP contribution >= 0.6 is 0 Å². The Kier molecular flexibility index (Phi) is 2.00. The highest BCUT2D eigenvalue weighted by Gasteiger charge is 2.04. The maximum Gasteiger partial charge on any atom is 0.155 e. The molecule has 2 aromatic heterocycles. The fourth-order valence-electron chi connectivity index (χ4n) is 1.36. The van der Waals surface area contributed by atoms with Gasteiger partial charge in [0.05, 0.1) is 6.20 Å². The van der Waals surface area contributed by atoms with Crippen molar-refractivity contribution in [2.45, 2.75) is 26.2 Å². The van der Waals surface area contributed by atoms with Crippen LogP contribution in [0, 0.1) is 0 Å². The average Bonchev–Trinajstić information content (AvgIpc) is 2.63. The second-order valence-electron chi connectivity index (χ2n) is 3.39. The van der Waals surface area contributed by atoms with Crippen molar-refractivity contribution in [3.63, 3.8) is 0 Å². The summed E-state index contributed by atoms with van der Waals surface area (Å²) in [4.78, 5) is 4.29. The van der Waals surface area contributed by atoms with E-state index < -0.39 is 0 Å². The molecule has 68 valence electrons. The van der Waals surface area contributed by atoms with Gasteiger partial charge in [0.25, 0.3) is 0 Å². The van der Waals surface area contributed by atoms with Crippen molar-refractivity contribution >= 4 is 11.0 Å². The van der Waals surface area contributed by atoms with Crippen molar-refractivity contribution in [2.75, 3.05) is 0 Å². The molecule has 0 bridgehead atoms. The molecule has 2 aromatic rings. The van der Waals surface area contributed by atoms with Gasteiger partial charge in [-0.3, -0.25) is 5.10 Å². The molecule has 0 amide bonds. The van der Waals surface area contributed by atoms with Crippen LogP contribution < -0.4 is 0 Å². The van der Waals surface area contributed by atoms with E-state index in [9.17, 15) is 0 Å². The van der Waals surface area contributed by atoms with Crippen LogP contribution in [0.1, 0.15) is 31.7 Å². The summed E-state index contributed by atoms with van der Waals surface area (Å²) in [5, 5.41) is 7.88. The summed E-state index contributed by atoms with van der Waals surface area (Å²) < 4.78 is 0. The summed E-state index contributed by atoms with van der Waals surface area (Å²) in [6, 6.07) is 2.15. The van der Waals surface area contributed by atoms with Crippen LogP contribution in [-0.2, 0) is 0 Å². The van der Waals surface area contributed by atoms with Crippen molar-refractivity contribution in [1.82, 2.24) is 15.2 Å². The Morgan fingerprint density at radius 1 is 1.46 bits per heavy atom. The Balaban J connectivity index is 2.48. The highest BCUT2D eigenvalue weighted by Crippen LogP contribution is 2.20. The molecule has 1 unspecified atom stereocenters. The molecule has 1 N–H and O–H groups in total. The first-order valence-electron chi connectivity index (χ1n) is 4.60. The molecule has 0 aliphatic carbocycles. The monoisotopic (exact) mass is 175 g/mol. The third kappa shape index (κ3) is 1.41. The number of pyridine rings is 1. The largest absolute Gasteiger partial charge is 0.261 e. The topological polar surface area (TPSA) is 41.6 Å². The third-order valence-corrected chi connectivity index (χ3v) is 2.49. The van der Waals surface area contributed by atoms with Gasteiger partial charge in [0.15, 0.2) is 5.65 Å². The van der Waals surface area contributed by atoms with Crippen LogP contribution in [0.5, 0.6) is 0 Å². The predicted octanol–water partition coefficient (Wildman–Crippen LogP) is 2.47. The standard InChI is InChI=1S/C10H13N3/c1-3-7(2)8-4-9-6-12-13-10(9)11-5-8/h4-7H,3H2,1-2H3,(H,11,12,13). The molecule has 0 aliphatic rings. The molecule has 3 heteroatoms. The number of hydrogen-bond acceptors (Lipinski definition) is 2. The normalized spacial score (nSPS) is 13.4. The van der Waals surface area contributed by atoms with Gasteiger partial charge in [-0.05, 0) is 24.0 Å². The smallest absolute Gasteiger partial charge is 0.155 e. The summed E-state index contributed by atoms with van der Waals surface area (Å²) in [5.74, 6) is 0.576. The maximum atomic E-state index is 4.29. The number of aromatic nitrogens is 3. The lowest BCUT2D eigenvalue weighted by Gasteiger charge is -2.07. The second-order valence-corrected chi connectivity index (χ2v) is 3.39. The lowest BCUT2D eigenvalue weighted by molar-refractivity contribution is 0.731. The minimum atomic E-state index is 0.576. The molecule has 0 fully saturated rings. The summed E-state index contributed by atoms with van der Waals surface area (Å²) in [7, 11) is 0. The van der Waals surface area contributed by atoms with Gasteiger partial charge < -0.3 is 0 Å². The maximum absolute atomic E-state index is 4.29. The third-order valence-electron chi connectivity index (χ3n) is 2.49. The second kappa shape index (κ2) is 3.17.